The molecule has 0 atom stereocenters. The van der Waals surface area contributed by atoms with Crippen molar-refractivity contribution in [2.45, 2.75) is 0 Å². The highest BCUT2D eigenvalue weighted by Gasteiger charge is 2.01. The van der Waals surface area contributed by atoms with E-state index in [-0.39, 0.29) is 23.0 Å². The standard InChI is InChI=1S/C18H14O4.C12H10O2/c19-13-1-5-15(6-2-13)21-17-9-11-18(12-10-17)22-16-7-3-14(20)4-8-16;13-11-5-1-9(2-6-11)10-3-7-12(14)8-4-10/h1-12,19-20H;1-8,13-14H. The van der Waals surface area contributed by atoms with E-state index in [1.165, 1.54) is 0 Å². The number of ether oxygens (including phenoxy) is 2. The molecule has 6 heteroatoms. The molecule has 0 aliphatic carbocycles. The minimum Gasteiger partial charge on any atom is -0.508 e. The van der Waals surface area contributed by atoms with Crippen molar-refractivity contribution in [1.29, 1.82) is 0 Å². The van der Waals surface area contributed by atoms with Crippen molar-refractivity contribution in [1.82, 2.24) is 0 Å². The molecular formula is C30H24O6. The Labute approximate surface area is 208 Å². The summed E-state index contributed by atoms with van der Waals surface area (Å²) >= 11 is 0. The Morgan fingerprint density at radius 1 is 0.278 bits per heavy atom. The average molecular weight is 481 g/mol. The van der Waals surface area contributed by atoms with Crippen molar-refractivity contribution in [3.8, 4) is 57.1 Å². The SMILES string of the molecule is Oc1ccc(-c2ccc(O)cc2)cc1.Oc1ccc(Oc2ccc(Oc3ccc(O)cc3)cc2)cc1. The predicted octanol–water partition coefficient (Wildman–Crippen LogP) is 7.45. The molecule has 36 heavy (non-hydrogen) atoms. The van der Waals surface area contributed by atoms with Crippen molar-refractivity contribution in [2.24, 2.45) is 0 Å². The fourth-order valence-corrected chi connectivity index (χ4v) is 3.18. The van der Waals surface area contributed by atoms with E-state index < -0.39 is 0 Å². The molecule has 0 amide bonds. The van der Waals surface area contributed by atoms with Gasteiger partial charge < -0.3 is 29.9 Å². The maximum absolute atomic E-state index is 9.23. The van der Waals surface area contributed by atoms with Crippen LogP contribution in [-0.2, 0) is 0 Å². The topological polar surface area (TPSA) is 99.4 Å². The van der Waals surface area contributed by atoms with Crippen molar-refractivity contribution < 1.29 is 29.9 Å². The highest BCUT2D eigenvalue weighted by molar-refractivity contribution is 5.64. The van der Waals surface area contributed by atoms with Crippen LogP contribution in [0.2, 0.25) is 0 Å². The predicted molar refractivity (Wildman–Crippen MR) is 138 cm³/mol. The first-order valence-electron chi connectivity index (χ1n) is 11.1. The first kappa shape index (κ1) is 24.0. The Hall–Kier alpha value is -5.10. The van der Waals surface area contributed by atoms with E-state index in [0.717, 1.165) is 11.1 Å². The Balaban J connectivity index is 0.000000187. The third-order valence-corrected chi connectivity index (χ3v) is 5.04. The van der Waals surface area contributed by atoms with E-state index in [1.807, 2.05) is 24.3 Å². The summed E-state index contributed by atoms with van der Waals surface area (Å²) in [4.78, 5) is 0. The lowest BCUT2D eigenvalue weighted by molar-refractivity contribution is 0.458. The lowest BCUT2D eigenvalue weighted by Gasteiger charge is -2.08. The van der Waals surface area contributed by atoms with E-state index >= 15 is 0 Å². The second-order valence-corrected chi connectivity index (χ2v) is 7.76. The van der Waals surface area contributed by atoms with Crippen LogP contribution in [0.15, 0.2) is 121 Å². The maximum Gasteiger partial charge on any atom is 0.127 e. The average Bonchev–Trinajstić information content (AvgIpc) is 2.89. The highest BCUT2D eigenvalue weighted by Crippen LogP contribution is 2.28. The second-order valence-electron chi connectivity index (χ2n) is 7.76. The first-order valence-corrected chi connectivity index (χ1v) is 11.1. The molecule has 0 spiro atoms. The normalized spacial score (nSPS) is 10.1. The number of hydrogen-bond acceptors (Lipinski definition) is 6. The van der Waals surface area contributed by atoms with Crippen LogP contribution in [-0.4, -0.2) is 20.4 Å². The van der Waals surface area contributed by atoms with Crippen LogP contribution in [0.4, 0.5) is 0 Å². The van der Waals surface area contributed by atoms with Gasteiger partial charge in [0.15, 0.2) is 0 Å². The number of hydrogen-bond donors (Lipinski definition) is 4. The van der Waals surface area contributed by atoms with Gasteiger partial charge in [0.05, 0.1) is 0 Å². The van der Waals surface area contributed by atoms with Crippen LogP contribution < -0.4 is 9.47 Å². The van der Waals surface area contributed by atoms with Gasteiger partial charge in [-0.05, 0) is 108 Å². The van der Waals surface area contributed by atoms with Crippen molar-refractivity contribution in [3.63, 3.8) is 0 Å². The van der Waals surface area contributed by atoms with E-state index in [0.29, 0.717) is 23.0 Å². The zero-order chi connectivity index (χ0) is 25.3. The van der Waals surface area contributed by atoms with Crippen LogP contribution in [0.5, 0.6) is 46.0 Å². The summed E-state index contributed by atoms with van der Waals surface area (Å²) < 4.78 is 11.3. The summed E-state index contributed by atoms with van der Waals surface area (Å²) in [6, 6.07) is 34.1. The van der Waals surface area contributed by atoms with Gasteiger partial charge in [0.2, 0.25) is 0 Å². The molecule has 5 rings (SSSR count). The molecule has 0 aliphatic heterocycles. The second kappa shape index (κ2) is 11.4. The zero-order valence-electron chi connectivity index (χ0n) is 19.2. The Kier molecular flexibility index (Phi) is 7.58. The largest absolute Gasteiger partial charge is 0.508 e. The van der Waals surface area contributed by atoms with Crippen LogP contribution in [0, 0.1) is 0 Å². The fraction of sp³-hybridized carbons (Fsp3) is 0. The van der Waals surface area contributed by atoms with Gasteiger partial charge in [-0.3, -0.25) is 0 Å². The van der Waals surface area contributed by atoms with Gasteiger partial charge in [-0.25, -0.2) is 0 Å². The highest BCUT2D eigenvalue weighted by atomic mass is 16.5. The molecule has 0 radical (unpaired) electrons. The molecule has 180 valence electrons. The molecule has 5 aromatic carbocycles. The molecule has 4 N–H and O–H groups in total. The minimum atomic E-state index is 0.199. The van der Waals surface area contributed by atoms with E-state index in [2.05, 4.69) is 0 Å². The van der Waals surface area contributed by atoms with E-state index in [4.69, 9.17) is 19.7 Å². The monoisotopic (exact) mass is 480 g/mol. The van der Waals surface area contributed by atoms with Crippen LogP contribution >= 0.6 is 0 Å². The molecular weight excluding hydrogens is 456 g/mol. The summed E-state index contributed by atoms with van der Waals surface area (Å²) in [5, 5.41) is 36.7. The molecule has 0 heterocycles. The summed E-state index contributed by atoms with van der Waals surface area (Å²) in [6.07, 6.45) is 0. The molecule has 0 saturated heterocycles. The maximum atomic E-state index is 9.23. The molecule has 0 saturated carbocycles. The quantitative estimate of drug-likeness (QED) is 0.209. The molecule has 0 fully saturated rings. The number of aromatic hydroxyl groups is 4. The van der Waals surface area contributed by atoms with Gasteiger partial charge in [-0.2, -0.15) is 0 Å². The molecule has 6 nitrogen and oxygen atoms in total. The van der Waals surface area contributed by atoms with Gasteiger partial charge in [-0.15, -0.1) is 0 Å². The lowest BCUT2D eigenvalue weighted by Crippen LogP contribution is -1.86. The van der Waals surface area contributed by atoms with Crippen LogP contribution in [0.1, 0.15) is 0 Å². The van der Waals surface area contributed by atoms with E-state index in [1.54, 1.807) is 97.1 Å². The number of rotatable bonds is 5. The summed E-state index contributed by atoms with van der Waals surface area (Å²) in [7, 11) is 0. The van der Waals surface area contributed by atoms with Gasteiger partial charge in [-0.1, -0.05) is 24.3 Å². The molecule has 0 aromatic heterocycles. The van der Waals surface area contributed by atoms with Gasteiger partial charge in [0.25, 0.3) is 0 Å². The fourth-order valence-electron chi connectivity index (χ4n) is 3.18. The minimum absolute atomic E-state index is 0.199. The third-order valence-electron chi connectivity index (χ3n) is 5.04. The Morgan fingerprint density at radius 2 is 0.472 bits per heavy atom. The zero-order valence-corrected chi connectivity index (χ0v) is 19.2. The van der Waals surface area contributed by atoms with Crippen molar-refractivity contribution in [2.75, 3.05) is 0 Å². The summed E-state index contributed by atoms with van der Waals surface area (Å²) in [5.74, 6) is 3.54. The first-order chi connectivity index (χ1) is 17.4. The van der Waals surface area contributed by atoms with Gasteiger partial charge >= 0.3 is 0 Å². The Bertz CT molecular complexity index is 1250. The third kappa shape index (κ3) is 6.95. The number of phenolic OH excluding ortho intramolecular Hbond substituents is 4. The van der Waals surface area contributed by atoms with E-state index in [9.17, 15) is 10.2 Å². The van der Waals surface area contributed by atoms with Crippen molar-refractivity contribution in [3.05, 3.63) is 121 Å². The number of phenols is 4. The summed E-state index contributed by atoms with van der Waals surface area (Å²) in [6.45, 7) is 0. The van der Waals surface area contributed by atoms with Gasteiger partial charge in [0, 0.05) is 0 Å². The summed E-state index contributed by atoms with van der Waals surface area (Å²) in [5.41, 5.74) is 2.03. The molecule has 0 aliphatic rings. The molecule has 0 unspecified atom stereocenters. The lowest BCUT2D eigenvalue weighted by atomic mass is 10.1. The number of benzene rings is 5. The van der Waals surface area contributed by atoms with Crippen LogP contribution in [0.25, 0.3) is 11.1 Å². The smallest absolute Gasteiger partial charge is 0.127 e. The van der Waals surface area contributed by atoms with Crippen molar-refractivity contribution >= 4 is 0 Å². The molecule has 0 bridgehead atoms. The Morgan fingerprint density at radius 3 is 0.722 bits per heavy atom. The van der Waals surface area contributed by atoms with Crippen LogP contribution in [0.3, 0.4) is 0 Å². The molecule has 5 aromatic rings. The van der Waals surface area contributed by atoms with Gasteiger partial charge in [0.1, 0.15) is 46.0 Å².